The molecule has 0 bridgehead atoms. The zero-order chi connectivity index (χ0) is 14.0. The molecule has 1 unspecified atom stereocenters. The fraction of sp³-hybridized carbons (Fsp3) is 0.333. The van der Waals surface area contributed by atoms with Crippen LogP contribution < -0.4 is 0 Å². The summed E-state index contributed by atoms with van der Waals surface area (Å²) in [5, 5.41) is 10.1. The molecule has 0 saturated heterocycles. The van der Waals surface area contributed by atoms with Gasteiger partial charge < -0.3 is 5.11 Å². The molecule has 4 heteroatoms. The Morgan fingerprint density at radius 3 is 2.47 bits per heavy atom. The Bertz CT molecular complexity index is 578. The highest BCUT2D eigenvalue weighted by atomic mass is 32.1. The Morgan fingerprint density at radius 2 is 1.84 bits per heavy atom. The van der Waals surface area contributed by atoms with E-state index in [-0.39, 0.29) is 5.56 Å². The van der Waals surface area contributed by atoms with Crippen LogP contribution in [0.5, 0.6) is 0 Å². The molecule has 1 atom stereocenters. The van der Waals surface area contributed by atoms with Crippen LogP contribution in [0.25, 0.3) is 0 Å². The molecular weight excluding hydrogens is 266 g/mol. The maximum atomic E-state index is 13.7. The quantitative estimate of drug-likeness (QED) is 0.892. The SMILES string of the molecule is CCc1ccc(CC(O)c2cc(C)c(F)cc2F)s1. The number of aliphatic hydroxyl groups is 1. The van der Waals surface area contributed by atoms with Gasteiger partial charge in [0.05, 0.1) is 6.10 Å². The van der Waals surface area contributed by atoms with Gasteiger partial charge in [0.2, 0.25) is 0 Å². The number of hydrogen-bond acceptors (Lipinski definition) is 2. The average Bonchev–Trinajstić information content (AvgIpc) is 2.81. The van der Waals surface area contributed by atoms with Crippen molar-refractivity contribution in [2.24, 2.45) is 0 Å². The maximum Gasteiger partial charge on any atom is 0.131 e. The molecule has 1 N–H and O–H groups in total. The van der Waals surface area contributed by atoms with E-state index in [1.807, 2.05) is 12.1 Å². The minimum atomic E-state index is -0.942. The smallest absolute Gasteiger partial charge is 0.131 e. The first-order valence-electron chi connectivity index (χ1n) is 6.22. The molecule has 0 radical (unpaired) electrons. The van der Waals surface area contributed by atoms with Crippen LogP contribution in [0.15, 0.2) is 24.3 Å². The molecule has 102 valence electrons. The van der Waals surface area contributed by atoms with Crippen molar-refractivity contribution >= 4 is 11.3 Å². The second-order valence-corrected chi connectivity index (χ2v) is 5.82. The van der Waals surface area contributed by atoms with Gasteiger partial charge in [-0.2, -0.15) is 0 Å². The molecule has 1 nitrogen and oxygen atoms in total. The first-order valence-corrected chi connectivity index (χ1v) is 7.04. The van der Waals surface area contributed by atoms with Crippen molar-refractivity contribution < 1.29 is 13.9 Å². The van der Waals surface area contributed by atoms with Crippen LogP contribution >= 0.6 is 11.3 Å². The topological polar surface area (TPSA) is 20.2 Å². The minimum absolute atomic E-state index is 0.158. The Hall–Kier alpha value is -1.26. The summed E-state index contributed by atoms with van der Waals surface area (Å²) in [7, 11) is 0. The van der Waals surface area contributed by atoms with Gasteiger partial charge >= 0.3 is 0 Å². The summed E-state index contributed by atoms with van der Waals surface area (Å²) in [6.07, 6.45) is 0.361. The van der Waals surface area contributed by atoms with E-state index in [4.69, 9.17) is 0 Å². The van der Waals surface area contributed by atoms with Gasteiger partial charge in [0.1, 0.15) is 11.6 Å². The number of halogens is 2. The summed E-state index contributed by atoms with van der Waals surface area (Å²) < 4.78 is 26.8. The third-order valence-electron chi connectivity index (χ3n) is 3.10. The van der Waals surface area contributed by atoms with Gasteiger partial charge in [0.25, 0.3) is 0 Å². The van der Waals surface area contributed by atoms with Crippen LogP contribution in [0.4, 0.5) is 8.78 Å². The third kappa shape index (κ3) is 3.19. The zero-order valence-electron chi connectivity index (χ0n) is 10.9. The fourth-order valence-corrected chi connectivity index (χ4v) is 2.95. The van der Waals surface area contributed by atoms with Gasteiger partial charge in [-0.25, -0.2) is 8.78 Å². The van der Waals surface area contributed by atoms with Crippen molar-refractivity contribution in [3.8, 4) is 0 Å². The summed E-state index contributed by atoms with van der Waals surface area (Å²) in [5.74, 6) is -1.28. The highest BCUT2D eigenvalue weighted by Gasteiger charge is 2.16. The maximum absolute atomic E-state index is 13.7. The van der Waals surface area contributed by atoms with E-state index >= 15 is 0 Å². The average molecular weight is 282 g/mol. The Labute approximate surface area is 115 Å². The van der Waals surface area contributed by atoms with Crippen LogP contribution in [0, 0.1) is 18.6 Å². The van der Waals surface area contributed by atoms with Crippen molar-refractivity contribution in [2.75, 3.05) is 0 Å². The molecule has 2 rings (SSSR count). The molecule has 19 heavy (non-hydrogen) atoms. The first-order chi connectivity index (χ1) is 9.01. The van der Waals surface area contributed by atoms with Crippen molar-refractivity contribution in [3.05, 3.63) is 56.8 Å². The van der Waals surface area contributed by atoms with E-state index in [2.05, 4.69) is 6.92 Å². The van der Waals surface area contributed by atoms with Crippen LogP contribution in [0.3, 0.4) is 0 Å². The number of hydrogen-bond donors (Lipinski definition) is 1. The van der Waals surface area contributed by atoms with Gasteiger partial charge in [0.15, 0.2) is 0 Å². The van der Waals surface area contributed by atoms with Gasteiger partial charge in [-0.1, -0.05) is 6.92 Å². The molecule has 0 aliphatic carbocycles. The Balaban J connectivity index is 2.19. The van der Waals surface area contributed by atoms with Crippen molar-refractivity contribution in [1.82, 2.24) is 0 Å². The first kappa shape index (κ1) is 14.2. The summed E-state index contributed by atoms with van der Waals surface area (Å²) in [6.45, 7) is 3.63. The minimum Gasteiger partial charge on any atom is -0.388 e. The second-order valence-electron chi connectivity index (χ2n) is 4.56. The van der Waals surface area contributed by atoms with E-state index in [9.17, 15) is 13.9 Å². The largest absolute Gasteiger partial charge is 0.388 e. The zero-order valence-corrected chi connectivity index (χ0v) is 11.7. The van der Waals surface area contributed by atoms with E-state index in [1.165, 1.54) is 10.9 Å². The molecule has 1 aromatic carbocycles. The molecule has 0 spiro atoms. The van der Waals surface area contributed by atoms with Crippen molar-refractivity contribution in [1.29, 1.82) is 0 Å². The van der Waals surface area contributed by atoms with Crippen LogP contribution in [0.2, 0.25) is 0 Å². The molecular formula is C15H16F2OS. The normalized spacial score (nSPS) is 12.7. The molecule has 1 aromatic heterocycles. The van der Waals surface area contributed by atoms with E-state index in [1.54, 1.807) is 18.3 Å². The van der Waals surface area contributed by atoms with E-state index in [0.29, 0.717) is 12.0 Å². The highest BCUT2D eigenvalue weighted by molar-refractivity contribution is 7.11. The Kier molecular flexibility index (Phi) is 4.32. The number of aryl methyl sites for hydroxylation is 2. The number of benzene rings is 1. The van der Waals surface area contributed by atoms with Crippen LogP contribution in [-0.2, 0) is 12.8 Å². The van der Waals surface area contributed by atoms with Gasteiger partial charge in [0, 0.05) is 27.8 Å². The van der Waals surface area contributed by atoms with E-state index < -0.39 is 17.7 Å². The lowest BCUT2D eigenvalue weighted by Crippen LogP contribution is -2.05. The molecule has 0 aliphatic rings. The van der Waals surface area contributed by atoms with Gasteiger partial charge in [-0.05, 0) is 37.1 Å². The van der Waals surface area contributed by atoms with Crippen LogP contribution in [0.1, 0.15) is 33.9 Å². The van der Waals surface area contributed by atoms with Crippen molar-refractivity contribution in [2.45, 2.75) is 32.8 Å². The molecule has 0 amide bonds. The van der Waals surface area contributed by atoms with E-state index in [0.717, 1.165) is 17.4 Å². The Morgan fingerprint density at radius 1 is 1.16 bits per heavy atom. The number of aliphatic hydroxyl groups excluding tert-OH is 1. The summed E-state index contributed by atoms with van der Waals surface area (Å²) >= 11 is 1.61. The molecule has 0 aliphatic heterocycles. The predicted molar refractivity (Wildman–Crippen MR) is 73.5 cm³/mol. The number of rotatable bonds is 4. The second kappa shape index (κ2) is 5.80. The van der Waals surface area contributed by atoms with Crippen molar-refractivity contribution in [3.63, 3.8) is 0 Å². The predicted octanol–water partition coefficient (Wildman–Crippen LogP) is 4.17. The monoisotopic (exact) mass is 282 g/mol. The lowest BCUT2D eigenvalue weighted by Gasteiger charge is -2.12. The fourth-order valence-electron chi connectivity index (χ4n) is 1.96. The van der Waals surface area contributed by atoms with Gasteiger partial charge in [-0.15, -0.1) is 11.3 Å². The molecule has 0 saturated carbocycles. The molecule has 0 fully saturated rings. The van der Waals surface area contributed by atoms with Gasteiger partial charge in [-0.3, -0.25) is 0 Å². The molecule has 2 aromatic rings. The van der Waals surface area contributed by atoms with Crippen LogP contribution in [-0.4, -0.2) is 5.11 Å². The summed E-state index contributed by atoms with van der Waals surface area (Å²) in [5.41, 5.74) is 0.501. The third-order valence-corrected chi connectivity index (χ3v) is 4.35. The number of thiophene rings is 1. The summed E-state index contributed by atoms with van der Waals surface area (Å²) in [4.78, 5) is 2.24. The lowest BCUT2D eigenvalue weighted by atomic mass is 10.0. The lowest BCUT2D eigenvalue weighted by molar-refractivity contribution is 0.174. The standard InChI is InChI=1S/C15H16F2OS/c1-3-10-4-5-11(19-10)7-15(18)12-6-9(2)13(16)8-14(12)17/h4-6,8,15,18H,3,7H2,1-2H3. The molecule has 1 heterocycles. The highest BCUT2D eigenvalue weighted by Crippen LogP contribution is 2.27. The summed E-state index contributed by atoms with van der Waals surface area (Å²) in [6, 6.07) is 6.17.